The summed E-state index contributed by atoms with van der Waals surface area (Å²) in [5.74, 6) is 0. The van der Waals surface area contributed by atoms with E-state index in [2.05, 4.69) is 105 Å². The molecule has 0 amide bonds. The molecule has 0 aliphatic heterocycles. The van der Waals surface area contributed by atoms with Crippen LogP contribution in [0.4, 0.5) is 0 Å². The van der Waals surface area contributed by atoms with Gasteiger partial charge in [-0.05, 0) is 69.8 Å². The Balaban J connectivity index is 1.11. The molecular formula is C38H26N4. The van der Waals surface area contributed by atoms with Gasteiger partial charge < -0.3 is 0 Å². The Bertz CT molecular complexity index is 1770. The predicted molar refractivity (Wildman–Crippen MR) is 170 cm³/mol. The maximum absolute atomic E-state index is 4.66. The Morgan fingerprint density at radius 3 is 1.05 bits per heavy atom. The second-order valence-corrected chi connectivity index (χ2v) is 10.0. The molecule has 0 spiro atoms. The zero-order valence-corrected chi connectivity index (χ0v) is 22.8. The first-order valence-corrected chi connectivity index (χ1v) is 13.9. The lowest BCUT2D eigenvalue weighted by Gasteiger charge is -2.12. The average Bonchev–Trinajstić information content (AvgIpc) is 3.09. The van der Waals surface area contributed by atoms with E-state index >= 15 is 0 Å². The summed E-state index contributed by atoms with van der Waals surface area (Å²) in [5.41, 5.74) is 13.0. The van der Waals surface area contributed by atoms with E-state index in [0.717, 1.165) is 44.8 Å². The summed E-state index contributed by atoms with van der Waals surface area (Å²) in [6, 6.07) is 42.2. The quantitative estimate of drug-likeness (QED) is 0.212. The number of benzene rings is 3. The van der Waals surface area contributed by atoms with Crippen molar-refractivity contribution in [3.05, 3.63) is 159 Å². The van der Waals surface area contributed by atoms with Crippen LogP contribution in [-0.2, 0) is 0 Å². The Labute approximate surface area is 245 Å². The van der Waals surface area contributed by atoms with Gasteiger partial charge in [0.05, 0.1) is 11.4 Å². The third kappa shape index (κ3) is 5.21. The van der Waals surface area contributed by atoms with Gasteiger partial charge in [-0.25, -0.2) is 0 Å². The van der Waals surface area contributed by atoms with E-state index in [-0.39, 0.29) is 0 Å². The van der Waals surface area contributed by atoms with Gasteiger partial charge in [-0.2, -0.15) is 0 Å². The van der Waals surface area contributed by atoms with Crippen molar-refractivity contribution in [2.24, 2.45) is 0 Å². The second-order valence-electron chi connectivity index (χ2n) is 10.0. The molecule has 0 unspecified atom stereocenters. The van der Waals surface area contributed by atoms with Gasteiger partial charge in [0.1, 0.15) is 0 Å². The standard InChI is InChI=1S/C38H26N4/c1-2-8-36(30-15-11-28(12-16-30)32-18-20-38(42-26-32)34-6-4-22-40-24-34)35(7-1)29-13-9-27(10-14-29)31-17-19-37(41-25-31)33-5-3-21-39-23-33/h1-26H. The van der Waals surface area contributed by atoms with Crippen molar-refractivity contribution in [3.63, 3.8) is 0 Å². The van der Waals surface area contributed by atoms with Crippen LogP contribution in [0, 0.1) is 0 Å². The van der Waals surface area contributed by atoms with Gasteiger partial charge in [-0.15, -0.1) is 0 Å². The van der Waals surface area contributed by atoms with Gasteiger partial charge in [-0.3, -0.25) is 19.9 Å². The minimum atomic E-state index is 0.918. The molecule has 3 aromatic carbocycles. The van der Waals surface area contributed by atoms with Crippen molar-refractivity contribution in [1.82, 2.24) is 19.9 Å². The van der Waals surface area contributed by atoms with E-state index in [1.807, 2.05) is 61.2 Å². The zero-order chi connectivity index (χ0) is 28.1. The van der Waals surface area contributed by atoms with Gasteiger partial charge in [0, 0.05) is 59.4 Å². The fourth-order valence-corrected chi connectivity index (χ4v) is 5.17. The van der Waals surface area contributed by atoms with Crippen LogP contribution in [0.15, 0.2) is 159 Å². The number of aromatic nitrogens is 4. The molecule has 0 aliphatic carbocycles. The summed E-state index contributed by atoms with van der Waals surface area (Å²) < 4.78 is 0. The van der Waals surface area contributed by atoms with E-state index in [0.29, 0.717) is 0 Å². The van der Waals surface area contributed by atoms with Gasteiger partial charge in [0.2, 0.25) is 0 Å². The Hall–Kier alpha value is -5.74. The molecule has 7 aromatic rings. The highest BCUT2D eigenvalue weighted by Gasteiger charge is 2.09. The highest BCUT2D eigenvalue weighted by molar-refractivity contribution is 5.85. The highest BCUT2D eigenvalue weighted by Crippen LogP contribution is 2.34. The summed E-state index contributed by atoms with van der Waals surface area (Å²) in [6.45, 7) is 0. The summed E-state index contributed by atoms with van der Waals surface area (Å²) >= 11 is 0. The highest BCUT2D eigenvalue weighted by atomic mass is 14.7. The van der Waals surface area contributed by atoms with Crippen LogP contribution in [0.2, 0.25) is 0 Å². The van der Waals surface area contributed by atoms with Crippen LogP contribution in [0.25, 0.3) is 67.0 Å². The molecule has 4 aromatic heterocycles. The molecule has 4 heteroatoms. The molecule has 0 atom stereocenters. The average molecular weight is 539 g/mol. The summed E-state index contributed by atoms with van der Waals surface area (Å²) in [7, 11) is 0. The topological polar surface area (TPSA) is 51.6 Å². The van der Waals surface area contributed by atoms with Crippen LogP contribution < -0.4 is 0 Å². The van der Waals surface area contributed by atoms with Gasteiger partial charge >= 0.3 is 0 Å². The first-order valence-electron chi connectivity index (χ1n) is 13.9. The third-order valence-electron chi connectivity index (χ3n) is 7.43. The second kappa shape index (κ2) is 11.4. The normalized spacial score (nSPS) is 10.9. The largest absolute Gasteiger partial charge is 0.264 e. The molecular weight excluding hydrogens is 512 g/mol. The fraction of sp³-hybridized carbons (Fsp3) is 0. The van der Waals surface area contributed by atoms with Gasteiger partial charge in [0.15, 0.2) is 0 Å². The minimum absolute atomic E-state index is 0.918. The van der Waals surface area contributed by atoms with Gasteiger partial charge in [0.25, 0.3) is 0 Å². The predicted octanol–water partition coefficient (Wildman–Crippen LogP) is 9.27. The Kier molecular flexibility index (Phi) is 6.85. The van der Waals surface area contributed by atoms with Crippen molar-refractivity contribution in [2.45, 2.75) is 0 Å². The van der Waals surface area contributed by atoms with Crippen molar-refractivity contribution in [3.8, 4) is 67.0 Å². The molecule has 0 fully saturated rings. The van der Waals surface area contributed by atoms with Crippen molar-refractivity contribution >= 4 is 0 Å². The molecule has 0 aliphatic rings. The zero-order valence-electron chi connectivity index (χ0n) is 22.8. The molecule has 0 radical (unpaired) electrons. The van der Waals surface area contributed by atoms with E-state index in [4.69, 9.17) is 0 Å². The smallest absolute Gasteiger partial charge is 0.0717 e. The molecule has 4 nitrogen and oxygen atoms in total. The first-order chi connectivity index (χ1) is 20.8. The van der Waals surface area contributed by atoms with Crippen molar-refractivity contribution in [2.75, 3.05) is 0 Å². The Morgan fingerprint density at radius 2 is 0.690 bits per heavy atom. The number of nitrogens with zero attached hydrogens (tertiary/aromatic N) is 4. The molecule has 7 rings (SSSR count). The van der Waals surface area contributed by atoms with E-state index in [1.165, 1.54) is 22.3 Å². The number of hydrogen-bond donors (Lipinski definition) is 0. The molecule has 42 heavy (non-hydrogen) atoms. The van der Waals surface area contributed by atoms with E-state index < -0.39 is 0 Å². The van der Waals surface area contributed by atoms with Crippen LogP contribution in [0.1, 0.15) is 0 Å². The van der Waals surface area contributed by atoms with E-state index in [1.54, 1.807) is 12.4 Å². The number of rotatable bonds is 6. The monoisotopic (exact) mass is 538 g/mol. The molecule has 0 bridgehead atoms. The van der Waals surface area contributed by atoms with Crippen LogP contribution in [-0.4, -0.2) is 19.9 Å². The van der Waals surface area contributed by atoms with Crippen LogP contribution in [0.5, 0.6) is 0 Å². The lowest BCUT2D eigenvalue weighted by molar-refractivity contribution is 1.28. The molecule has 4 heterocycles. The minimum Gasteiger partial charge on any atom is -0.264 e. The van der Waals surface area contributed by atoms with Crippen molar-refractivity contribution in [1.29, 1.82) is 0 Å². The SMILES string of the molecule is c1cncc(-c2ccc(-c3ccc(-c4ccccc4-c4ccc(-c5ccc(-c6cccnc6)nc5)cc4)cc3)cn2)c1. The maximum Gasteiger partial charge on any atom is 0.0717 e. The lowest BCUT2D eigenvalue weighted by atomic mass is 9.92. The van der Waals surface area contributed by atoms with Crippen LogP contribution >= 0.6 is 0 Å². The van der Waals surface area contributed by atoms with Crippen molar-refractivity contribution < 1.29 is 0 Å². The first kappa shape index (κ1) is 25.2. The number of hydrogen-bond acceptors (Lipinski definition) is 4. The lowest BCUT2D eigenvalue weighted by Crippen LogP contribution is -1.88. The fourth-order valence-electron chi connectivity index (χ4n) is 5.17. The van der Waals surface area contributed by atoms with Crippen LogP contribution in [0.3, 0.4) is 0 Å². The maximum atomic E-state index is 4.66. The number of pyridine rings is 4. The summed E-state index contributed by atoms with van der Waals surface area (Å²) in [6.07, 6.45) is 11.1. The summed E-state index contributed by atoms with van der Waals surface area (Å²) in [5, 5.41) is 0. The molecule has 0 N–H and O–H groups in total. The van der Waals surface area contributed by atoms with E-state index in [9.17, 15) is 0 Å². The molecule has 198 valence electrons. The molecule has 0 saturated carbocycles. The third-order valence-corrected chi connectivity index (χ3v) is 7.43. The van der Waals surface area contributed by atoms with Gasteiger partial charge in [-0.1, -0.05) is 84.9 Å². The Morgan fingerprint density at radius 1 is 0.286 bits per heavy atom. The summed E-state index contributed by atoms with van der Waals surface area (Å²) in [4.78, 5) is 17.7. The molecule has 0 saturated heterocycles.